The second-order valence-electron chi connectivity index (χ2n) is 7.30. The SMILES string of the molecule is CC(C)c1cccc(OCC(=O)N2CCN(Cc3ccc(Cl)cc3)CC2)c1. The Morgan fingerprint density at radius 1 is 1.07 bits per heavy atom. The standard InChI is InChI=1S/C22H27ClN2O2/c1-17(2)19-4-3-5-21(14-19)27-16-22(26)25-12-10-24(11-13-25)15-18-6-8-20(23)9-7-18/h3-9,14,17H,10-13,15-16H2,1-2H3. The number of hydrogen-bond acceptors (Lipinski definition) is 3. The fraction of sp³-hybridized carbons (Fsp3) is 0.409. The molecule has 1 fully saturated rings. The molecule has 0 saturated carbocycles. The summed E-state index contributed by atoms with van der Waals surface area (Å²) in [5.74, 6) is 1.25. The second kappa shape index (κ2) is 9.25. The van der Waals surface area contributed by atoms with Gasteiger partial charge in [-0.2, -0.15) is 0 Å². The number of nitrogens with zero attached hydrogens (tertiary/aromatic N) is 2. The summed E-state index contributed by atoms with van der Waals surface area (Å²) in [6, 6.07) is 15.9. The van der Waals surface area contributed by atoms with Crippen LogP contribution in [0.5, 0.6) is 5.75 Å². The molecule has 0 radical (unpaired) electrons. The number of benzene rings is 2. The van der Waals surface area contributed by atoms with Crippen molar-refractivity contribution >= 4 is 17.5 Å². The zero-order valence-electron chi connectivity index (χ0n) is 16.0. The van der Waals surface area contributed by atoms with Crippen molar-refractivity contribution in [2.75, 3.05) is 32.8 Å². The van der Waals surface area contributed by atoms with Crippen molar-refractivity contribution in [1.82, 2.24) is 9.80 Å². The molecule has 2 aromatic rings. The number of hydrogen-bond donors (Lipinski definition) is 0. The van der Waals surface area contributed by atoms with Gasteiger partial charge in [-0.25, -0.2) is 0 Å². The summed E-state index contributed by atoms with van der Waals surface area (Å²) in [5, 5.41) is 0.757. The quantitative estimate of drug-likeness (QED) is 0.746. The highest BCUT2D eigenvalue weighted by molar-refractivity contribution is 6.30. The van der Waals surface area contributed by atoms with Gasteiger partial charge in [0.1, 0.15) is 5.75 Å². The van der Waals surface area contributed by atoms with Gasteiger partial charge in [0.15, 0.2) is 6.61 Å². The summed E-state index contributed by atoms with van der Waals surface area (Å²) in [6.45, 7) is 8.50. The van der Waals surface area contributed by atoms with Crippen molar-refractivity contribution in [2.45, 2.75) is 26.3 Å². The van der Waals surface area contributed by atoms with E-state index in [0.717, 1.165) is 43.5 Å². The van der Waals surface area contributed by atoms with Gasteiger partial charge >= 0.3 is 0 Å². The third-order valence-electron chi connectivity index (χ3n) is 4.93. The average molecular weight is 387 g/mol. The van der Waals surface area contributed by atoms with Crippen molar-refractivity contribution in [3.05, 3.63) is 64.7 Å². The smallest absolute Gasteiger partial charge is 0.260 e. The highest BCUT2D eigenvalue weighted by Crippen LogP contribution is 2.20. The summed E-state index contributed by atoms with van der Waals surface area (Å²) < 4.78 is 5.73. The van der Waals surface area contributed by atoms with E-state index >= 15 is 0 Å². The minimum absolute atomic E-state index is 0.0519. The average Bonchev–Trinajstić information content (AvgIpc) is 2.68. The summed E-state index contributed by atoms with van der Waals surface area (Å²) in [4.78, 5) is 16.7. The number of carbonyl (C=O) groups is 1. The van der Waals surface area contributed by atoms with Gasteiger partial charge in [-0.1, -0.05) is 49.7 Å². The van der Waals surface area contributed by atoms with Crippen LogP contribution in [-0.2, 0) is 11.3 Å². The Kier molecular flexibility index (Phi) is 6.75. The van der Waals surface area contributed by atoms with E-state index < -0.39 is 0 Å². The van der Waals surface area contributed by atoms with E-state index in [4.69, 9.17) is 16.3 Å². The lowest BCUT2D eigenvalue weighted by atomic mass is 10.0. The molecule has 1 amide bonds. The number of amides is 1. The van der Waals surface area contributed by atoms with E-state index in [0.29, 0.717) is 5.92 Å². The Bertz CT molecular complexity index is 753. The summed E-state index contributed by atoms with van der Waals surface area (Å²) >= 11 is 5.94. The molecule has 0 N–H and O–H groups in total. The summed E-state index contributed by atoms with van der Waals surface area (Å²) in [6.07, 6.45) is 0. The molecule has 3 rings (SSSR count). The molecule has 1 heterocycles. The maximum absolute atomic E-state index is 12.5. The van der Waals surface area contributed by atoms with Gasteiger partial charge in [0.25, 0.3) is 5.91 Å². The molecular formula is C22H27ClN2O2. The molecule has 0 bridgehead atoms. The number of ether oxygens (including phenoxy) is 1. The molecule has 144 valence electrons. The van der Waals surface area contributed by atoms with Crippen LogP contribution >= 0.6 is 11.6 Å². The van der Waals surface area contributed by atoms with Crippen LogP contribution in [0.1, 0.15) is 30.9 Å². The lowest BCUT2D eigenvalue weighted by molar-refractivity contribution is -0.135. The molecule has 1 aliphatic rings. The lowest BCUT2D eigenvalue weighted by Gasteiger charge is -2.34. The monoisotopic (exact) mass is 386 g/mol. The van der Waals surface area contributed by atoms with E-state index in [9.17, 15) is 4.79 Å². The normalized spacial score (nSPS) is 15.2. The Morgan fingerprint density at radius 3 is 2.44 bits per heavy atom. The fourth-order valence-electron chi connectivity index (χ4n) is 3.20. The van der Waals surface area contributed by atoms with Crippen molar-refractivity contribution in [1.29, 1.82) is 0 Å². The first-order chi connectivity index (χ1) is 13.0. The van der Waals surface area contributed by atoms with Gasteiger partial charge in [0.2, 0.25) is 0 Å². The highest BCUT2D eigenvalue weighted by Gasteiger charge is 2.21. The molecular weight excluding hydrogens is 360 g/mol. The molecule has 0 aliphatic carbocycles. The first kappa shape index (κ1) is 19.7. The molecule has 0 spiro atoms. The highest BCUT2D eigenvalue weighted by atomic mass is 35.5. The fourth-order valence-corrected chi connectivity index (χ4v) is 3.33. The Hall–Kier alpha value is -2.04. The van der Waals surface area contributed by atoms with E-state index in [1.165, 1.54) is 11.1 Å². The zero-order valence-corrected chi connectivity index (χ0v) is 16.8. The van der Waals surface area contributed by atoms with E-state index in [2.05, 4.69) is 36.9 Å². The predicted molar refractivity (Wildman–Crippen MR) is 109 cm³/mol. The van der Waals surface area contributed by atoms with Crippen LogP contribution in [0.25, 0.3) is 0 Å². The Balaban J connectivity index is 1.44. The zero-order chi connectivity index (χ0) is 19.2. The summed E-state index contributed by atoms with van der Waals surface area (Å²) in [7, 11) is 0. The predicted octanol–water partition coefficient (Wildman–Crippen LogP) is 4.19. The molecule has 2 aromatic carbocycles. The molecule has 4 nitrogen and oxygen atoms in total. The van der Waals surface area contributed by atoms with Crippen molar-refractivity contribution < 1.29 is 9.53 Å². The van der Waals surface area contributed by atoms with Crippen LogP contribution in [0, 0.1) is 0 Å². The number of carbonyl (C=O) groups excluding carboxylic acids is 1. The molecule has 27 heavy (non-hydrogen) atoms. The van der Waals surface area contributed by atoms with Crippen LogP contribution in [-0.4, -0.2) is 48.5 Å². The van der Waals surface area contributed by atoms with Crippen molar-refractivity contribution in [2.24, 2.45) is 0 Å². The molecule has 5 heteroatoms. The maximum atomic E-state index is 12.5. The van der Waals surface area contributed by atoms with Gasteiger partial charge in [-0.05, 0) is 41.3 Å². The first-order valence-electron chi connectivity index (χ1n) is 9.48. The largest absolute Gasteiger partial charge is 0.484 e. The first-order valence-corrected chi connectivity index (χ1v) is 9.86. The topological polar surface area (TPSA) is 32.8 Å². The summed E-state index contributed by atoms with van der Waals surface area (Å²) in [5.41, 5.74) is 2.46. The van der Waals surface area contributed by atoms with Crippen LogP contribution < -0.4 is 4.74 Å². The van der Waals surface area contributed by atoms with Gasteiger partial charge in [-0.3, -0.25) is 9.69 Å². The Labute approximate surface area is 166 Å². The number of rotatable bonds is 6. The van der Waals surface area contributed by atoms with Gasteiger partial charge < -0.3 is 9.64 Å². The third-order valence-corrected chi connectivity index (χ3v) is 5.18. The molecule has 1 saturated heterocycles. The van der Waals surface area contributed by atoms with Crippen LogP contribution in [0.3, 0.4) is 0 Å². The molecule has 0 unspecified atom stereocenters. The second-order valence-corrected chi connectivity index (χ2v) is 7.74. The van der Waals surface area contributed by atoms with Crippen LogP contribution in [0.4, 0.5) is 0 Å². The third kappa shape index (κ3) is 5.72. The van der Waals surface area contributed by atoms with E-state index in [1.54, 1.807) is 0 Å². The van der Waals surface area contributed by atoms with Gasteiger partial charge in [0.05, 0.1) is 0 Å². The lowest BCUT2D eigenvalue weighted by Crippen LogP contribution is -2.49. The molecule has 0 aromatic heterocycles. The molecule has 0 atom stereocenters. The maximum Gasteiger partial charge on any atom is 0.260 e. The Morgan fingerprint density at radius 2 is 1.78 bits per heavy atom. The van der Waals surface area contributed by atoms with Crippen LogP contribution in [0.15, 0.2) is 48.5 Å². The minimum Gasteiger partial charge on any atom is -0.484 e. The molecule has 1 aliphatic heterocycles. The van der Waals surface area contributed by atoms with Gasteiger partial charge in [0, 0.05) is 37.7 Å². The van der Waals surface area contributed by atoms with Gasteiger partial charge in [-0.15, -0.1) is 0 Å². The number of halogens is 1. The number of piperazine rings is 1. The van der Waals surface area contributed by atoms with E-state index in [-0.39, 0.29) is 12.5 Å². The van der Waals surface area contributed by atoms with Crippen molar-refractivity contribution in [3.63, 3.8) is 0 Å². The minimum atomic E-state index is 0.0519. The van der Waals surface area contributed by atoms with Crippen LogP contribution in [0.2, 0.25) is 5.02 Å². The van der Waals surface area contributed by atoms with E-state index in [1.807, 2.05) is 35.2 Å². The van der Waals surface area contributed by atoms with Crippen molar-refractivity contribution in [3.8, 4) is 5.75 Å².